The number of ether oxygens (including phenoxy) is 1. The van der Waals surface area contributed by atoms with Gasteiger partial charge in [-0.2, -0.15) is 0 Å². The first kappa shape index (κ1) is 13.8. The van der Waals surface area contributed by atoms with Gasteiger partial charge < -0.3 is 9.84 Å². The molecule has 2 fully saturated rings. The molecule has 0 aliphatic carbocycles. The number of carboxylic acid groups (broad SMARTS) is 1. The summed E-state index contributed by atoms with van der Waals surface area (Å²) in [6, 6.07) is 0.586. The fourth-order valence-electron chi connectivity index (χ4n) is 3.27. The third kappa shape index (κ3) is 3.23. The van der Waals surface area contributed by atoms with Crippen molar-refractivity contribution in [2.24, 2.45) is 5.92 Å². The van der Waals surface area contributed by atoms with Gasteiger partial charge in [0.1, 0.15) is 0 Å². The van der Waals surface area contributed by atoms with Crippen LogP contribution in [0.4, 0.5) is 0 Å². The van der Waals surface area contributed by atoms with Gasteiger partial charge >= 0.3 is 5.97 Å². The Morgan fingerprint density at radius 3 is 2.94 bits per heavy atom. The minimum atomic E-state index is -0.660. The Hall–Kier alpha value is -0.610. The maximum absolute atomic E-state index is 10.7. The van der Waals surface area contributed by atoms with E-state index in [0.29, 0.717) is 18.4 Å². The maximum Gasteiger partial charge on any atom is 0.303 e. The molecule has 2 saturated heterocycles. The Kier molecular flexibility index (Phi) is 4.28. The van der Waals surface area contributed by atoms with Gasteiger partial charge in [-0.25, -0.2) is 0 Å². The molecule has 0 saturated carbocycles. The third-order valence-corrected chi connectivity index (χ3v) is 4.61. The second-order valence-electron chi connectivity index (χ2n) is 6.05. The highest BCUT2D eigenvalue weighted by molar-refractivity contribution is 5.67. The van der Waals surface area contributed by atoms with Crippen LogP contribution in [0.5, 0.6) is 0 Å². The number of likely N-dealkylation sites (tertiary alicyclic amines) is 1. The first-order valence-corrected chi connectivity index (χ1v) is 7.12. The molecule has 4 nitrogen and oxygen atoms in total. The standard InChI is InChI=1S/C14H25NO3/c1-3-14(2)9-12(5-7-18-14)15-6-4-11(10-15)8-13(16)17/h11-12H,3-10H2,1-2H3,(H,16,17). The molecule has 1 N–H and O–H groups in total. The molecule has 0 aromatic carbocycles. The largest absolute Gasteiger partial charge is 0.481 e. The van der Waals surface area contributed by atoms with Crippen molar-refractivity contribution in [1.82, 2.24) is 4.90 Å². The lowest BCUT2D eigenvalue weighted by atomic mass is 9.89. The predicted molar refractivity (Wildman–Crippen MR) is 69.6 cm³/mol. The van der Waals surface area contributed by atoms with E-state index in [9.17, 15) is 4.79 Å². The van der Waals surface area contributed by atoms with Crippen molar-refractivity contribution in [2.45, 2.75) is 57.6 Å². The Bertz CT molecular complexity index is 307. The Morgan fingerprint density at radius 1 is 1.50 bits per heavy atom. The van der Waals surface area contributed by atoms with E-state index in [1.54, 1.807) is 0 Å². The smallest absolute Gasteiger partial charge is 0.303 e. The van der Waals surface area contributed by atoms with Crippen LogP contribution in [-0.2, 0) is 9.53 Å². The van der Waals surface area contributed by atoms with Gasteiger partial charge in [0.05, 0.1) is 5.60 Å². The molecule has 2 aliphatic heterocycles. The Morgan fingerprint density at radius 2 is 2.28 bits per heavy atom. The van der Waals surface area contributed by atoms with Crippen LogP contribution in [-0.4, -0.2) is 47.3 Å². The molecule has 2 aliphatic rings. The predicted octanol–water partition coefficient (Wildman–Crippen LogP) is 2.13. The number of rotatable bonds is 4. The molecule has 0 bridgehead atoms. The highest BCUT2D eigenvalue weighted by Crippen LogP contribution is 2.33. The highest BCUT2D eigenvalue weighted by atomic mass is 16.5. The van der Waals surface area contributed by atoms with E-state index in [2.05, 4.69) is 18.7 Å². The topological polar surface area (TPSA) is 49.8 Å². The van der Waals surface area contributed by atoms with E-state index < -0.39 is 5.97 Å². The highest BCUT2D eigenvalue weighted by Gasteiger charge is 2.37. The molecule has 2 heterocycles. The molecular weight excluding hydrogens is 230 g/mol. The lowest BCUT2D eigenvalue weighted by molar-refractivity contribution is -0.138. The van der Waals surface area contributed by atoms with Crippen LogP contribution in [0, 0.1) is 5.92 Å². The Labute approximate surface area is 109 Å². The molecule has 2 rings (SSSR count). The summed E-state index contributed by atoms with van der Waals surface area (Å²) < 4.78 is 5.88. The average molecular weight is 255 g/mol. The average Bonchev–Trinajstić information content (AvgIpc) is 2.77. The monoisotopic (exact) mass is 255 g/mol. The van der Waals surface area contributed by atoms with Crippen molar-refractivity contribution in [2.75, 3.05) is 19.7 Å². The molecule has 0 aromatic heterocycles. The van der Waals surface area contributed by atoms with Gasteiger partial charge in [-0.05, 0) is 45.1 Å². The summed E-state index contributed by atoms with van der Waals surface area (Å²) in [5.74, 6) is -0.314. The molecule has 3 atom stereocenters. The molecular formula is C14H25NO3. The summed E-state index contributed by atoms with van der Waals surface area (Å²) in [5, 5.41) is 8.85. The SMILES string of the molecule is CCC1(C)CC(N2CCC(CC(=O)O)C2)CCO1. The molecule has 0 spiro atoms. The molecule has 0 radical (unpaired) electrons. The molecule has 18 heavy (non-hydrogen) atoms. The van der Waals surface area contributed by atoms with Gasteiger partial charge in [0.2, 0.25) is 0 Å². The van der Waals surface area contributed by atoms with Gasteiger partial charge in [0.15, 0.2) is 0 Å². The molecule has 104 valence electrons. The zero-order valence-corrected chi connectivity index (χ0v) is 11.5. The second-order valence-corrected chi connectivity index (χ2v) is 6.05. The van der Waals surface area contributed by atoms with Crippen molar-refractivity contribution < 1.29 is 14.6 Å². The Balaban J connectivity index is 1.87. The van der Waals surface area contributed by atoms with E-state index in [1.807, 2.05) is 0 Å². The quantitative estimate of drug-likeness (QED) is 0.836. The van der Waals surface area contributed by atoms with Crippen molar-refractivity contribution in [3.05, 3.63) is 0 Å². The van der Waals surface area contributed by atoms with Crippen LogP contribution in [0.25, 0.3) is 0 Å². The maximum atomic E-state index is 10.7. The van der Waals surface area contributed by atoms with Crippen LogP contribution in [0.15, 0.2) is 0 Å². The van der Waals surface area contributed by atoms with Gasteiger partial charge in [-0.15, -0.1) is 0 Å². The second kappa shape index (κ2) is 5.57. The van der Waals surface area contributed by atoms with Crippen LogP contribution in [0.2, 0.25) is 0 Å². The first-order valence-electron chi connectivity index (χ1n) is 7.12. The number of aliphatic carboxylic acids is 1. The lowest BCUT2D eigenvalue weighted by Crippen LogP contribution is -2.46. The molecule has 0 aromatic rings. The van der Waals surface area contributed by atoms with Gasteiger partial charge in [0, 0.05) is 25.6 Å². The summed E-state index contributed by atoms with van der Waals surface area (Å²) in [6.07, 6.45) is 4.59. The van der Waals surface area contributed by atoms with Gasteiger partial charge in [-0.3, -0.25) is 9.69 Å². The molecule has 0 amide bonds. The van der Waals surface area contributed by atoms with Gasteiger partial charge in [-0.1, -0.05) is 6.92 Å². The van der Waals surface area contributed by atoms with Crippen LogP contribution < -0.4 is 0 Å². The van der Waals surface area contributed by atoms with E-state index in [1.165, 1.54) is 0 Å². The fourth-order valence-corrected chi connectivity index (χ4v) is 3.27. The summed E-state index contributed by atoms with van der Waals surface area (Å²) >= 11 is 0. The number of hydrogen-bond donors (Lipinski definition) is 1. The molecule has 3 unspecified atom stereocenters. The number of carbonyl (C=O) groups is 1. The van der Waals surface area contributed by atoms with Crippen LogP contribution in [0.1, 0.15) is 46.0 Å². The summed E-state index contributed by atoms with van der Waals surface area (Å²) in [7, 11) is 0. The zero-order valence-electron chi connectivity index (χ0n) is 11.5. The van der Waals surface area contributed by atoms with Crippen molar-refractivity contribution in [3.8, 4) is 0 Å². The van der Waals surface area contributed by atoms with Crippen molar-refractivity contribution in [1.29, 1.82) is 0 Å². The molecule has 4 heteroatoms. The summed E-state index contributed by atoms with van der Waals surface area (Å²) in [6.45, 7) is 7.23. The normalized spacial score (nSPS) is 37.9. The van der Waals surface area contributed by atoms with E-state index in [0.717, 1.165) is 45.4 Å². The van der Waals surface area contributed by atoms with E-state index >= 15 is 0 Å². The third-order valence-electron chi connectivity index (χ3n) is 4.61. The van der Waals surface area contributed by atoms with Crippen molar-refractivity contribution in [3.63, 3.8) is 0 Å². The number of nitrogens with zero attached hydrogens (tertiary/aromatic N) is 1. The number of hydrogen-bond acceptors (Lipinski definition) is 3. The van der Waals surface area contributed by atoms with Crippen LogP contribution >= 0.6 is 0 Å². The minimum Gasteiger partial charge on any atom is -0.481 e. The zero-order chi connectivity index (χ0) is 13.2. The number of carboxylic acids is 1. The fraction of sp³-hybridized carbons (Fsp3) is 0.929. The summed E-state index contributed by atoms with van der Waals surface area (Å²) in [4.78, 5) is 13.2. The lowest BCUT2D eigenvalue weighted by Gasteiger charge is -2.41. The van der Waals surface area contributed by atoms with E-state index in [-0.39, 0.29) is 5.60 Å². The van der Waals surface area contributed by atoms with E-state index in [4.69, 9.17) is 9.84 Å². The van der Waals surface area contributed by atoms with Gasteiger partial charge in [0.25, 0.3) is 0 Å². The van der Waals surface area contributed by atoms with Crippen LogP contribution in [0.3, 0.4) is 0 Å². The minimum absolute atomic E-state index is 0.0216. The first-order chi connectivity index (χ1) is 8.52. The summed E-state index contributed by atoms with van der Waals surface area (Å²) in [5.41, 5.74) is 0.0216. The van der Waals surface area contributed by atoms with Crippen molar-refractivity contribution >= 4 is 5.97 Å².